The molecule has 0 radical (unpaired) electrons. The van der Waals surface area contributed by atoms with Crippen molar-refractivity contribution in [3.63, 3.8) is 0 Å². The van der Waals surface area contributed by atoms with E-state index in [1.54, 1.807) is 27.8 Å². The molecular formula is C10H20N2O3. The predicted molar refractivity (Wildman–Crippen MR) is 57.7 cm³/mol. The van der Waals surface area contributed by atoms with E-state index in [1.165, 1.54) is 4.90 Å². The van der Waals surface area contributed by atoms with Crippen LogP contribution in [-0.2, 0) is 4.79 Å². The van der Waals surface area contributed by atoms with Crippen molar-refractivity contribution in [1.82, 2.24) is 10.2 Å². The summed E-state index contributed by atoms with van der Waals surface area (Å²) in [6.07, 6.45) is 0. The molecule has 0 fully saturated rings. The van der Waals surface area contributed by atoms with E-state index >= 15 is 0 Å². The number of urea groups is 1. The van der Waals surface area contributed by atoms with Gasteiger partial charge in [0.2, 0.25) is 0 Å². The van der Waals surface area contributed by atoms with E-state index in [9.17, 15) is 9.59 Å². The molecule has 2 N–H and O–H groups in total. The Morgan fingerprint density at radius 3 is 2.13 bits per heavy atom. The van der Waals surface area contributed by atoms with Gasteiger partial charge in [-0.1, -0.05) is 20.8 Å². The molecule has 1 atom stereocenters. The van der Waals surface area contributed by atoms with Crippen LogP contribution in [0.5, 0.6) is 0 Å². The Kier molecular flexibility index (Phi) is 4.58. The Hall–Kier alpha value is -1.26. The molecule has 0 saturated heterocycles. The summed E-state index contributed by atoms with van der Waals surface area (Å²) in [4.78, 5) is 23.9. The van der Waals surface area contributed by atoms with Gasteiger partial charge >= 0.3 is 12.0 Å². The zero-order chi connectivity index (χ0) is 12.2. The summed E-state index contributed by atoms with van der Waals surface area (Å²) in [5.74, 6) is -1.01. The first-order valence-corrected chi connectivity index (χ1v) is 4.94. The minimum Gasteiger partial charge on any atom is -0.480 e. The van der Waals surface area contributed by atoms with Crippen molar-refractivity contribution in [2.75, 3.05) is 13.6 Å². The van der Waals surface area contributed by atoms with E-state index < -0.39 is 17.4 Å². The van der Waals surface area contributed by atoms with Gasteiger partial charge in [0.05, 0.1) is 0 Å². The molecule has 15 heavy (non-hydrogen) atoms. The predicted octanol–water partition coefficient (Wildman–Crippen LogP) is 1.15. The summed E-state index contributed by atoms with van der Waals surface area (Å²) in [6.45, 7) is 7.70. The van der Waals surface area contributed by atoms with Gasteiger partial charge in [-0.25, -0.2) is 9.59 Å². The highest BCUT2D eigenvalue weighted by Gasteiger charge is 2.33. The number of carboxylic acids is 1. The number of carbonyl (C=O) groups excluding carboxylic acids is 1. The molecule has 0 heterocycles. The summed E-state index contributed by atoms with van der Waals surface area (Å²) < 4.78 is 0. The summed E-state index contributed by atoms with van der Waals surface area (Å²) in [5.41, 5.74) is -0.504. The number of nitrogens with zero attached hydrogens (tertiary/aromatic N) is 1. The van der Waals surface area contributed by atoms with Gasteiger partial charge < -0.3 is 15.3 Å². The second kappa shape index (κ2) is 5.00. The van der Waals surface area contributed by atoms with Gasteiger partial charge in [0, 0.05) is 13.6 Å². The maximum atomic E-state index is 11.5. The van der Waals surface area contributed by atoms with Gasteiger partial charge in [-0.3, -0.25) is 0 Å². The van der Waals surface area contributed by atoms with Gasteiger partial charge in [0.1, 0.15) is 6.04 Å². The van der Waals surface area contributed by atoms with Crippen LogP contribution in [0.1, 0.15) is 27.7 Å². The van der Waals surface area contributed by atoms with Crippen LogP contribution in [0.4, 0.5) is 4.79 Å². The Balaban J connectivity index is 4.58. The Labute approximate surface area is 90.5 Å². The first-order chi connectivity index (χ1) is 6.70. The smallest absolute Gasteiger partial charge is 0.326 e. The number of nitrogens with one attached hydrogen (secondary N) is 1. The van der Waals surface area contributed by atoms with E-state index in [0.29, 0.717) is 6.54 Å². The molecule has 0 saturated carbocycles. The molecule has 2 amide bonds. The summed E-state index contributed by atoms with van der Waals surface area (Å²) >= 11 is 0. The summed E-state index contributed by atoms with van der Waals surface area (Å²) in [6, 6.07) is -1.24. The molecule has 0 aromatic carbocycles. The zero-order valence-corrected chi connectivity index (χ0v) is 10.00. The number of amides is 2. The van der Waals surface area contributed by atoms with Gasteiger partial charge in [-0.2, -0.15) is 0 Å². The fourth-order valence-corrected chi connectivity index (χ4v) is 1.03. The number of hydrogen-bond donors (Lipinski definition) is 2. The summed E-state index contributed by atoms with van der Waals surface area (Å²) in [7, 11) is 1.62. The lowest BCUT2D eigenvalue weighted by Gasteiger charge is -2.29. The number of aliphatic carboxylic acids is 1. The molecule has 0 bridgehead atoms. The molecule has 88 valence electrons. The Morgan fingerprint density at radius 1 is 1.40 bits per heavy atom. The van der Waals surface area contributed by atoms with E-state index in [-0.39, 0.29) is 6.03 Å². The standard InChI is InChI=1S/C10H20N2O3/c1-6-12(5)9(15)11-7(8(13)14)10(2,3)4/h7H,6H2,1-5H3,(H,11,15)(H,13,14)/t7-/m1/s1. The normalized spacial score (nSPS) is 13.1. The molecule has 0 aliphatic carbocycles. The maximum absolute atomic E-state index is 11.5. The van der Waals surface area contributed by atoms with Crippen molar-refractivity contribution >= 4 is 12.0 Å². The Bertz CT molecular complexity index is 246. The number of rotatable bonds is 3. The van der Waals surface area contributed by atoms with Crippen LogP contribution in [0.3, 0.4) is 0 Å². The third-order valence-corrected chi connectivity index (χ3v) is 2.20. The monoisotopic (exact) mass is 216 g/mol. The molecule has 0 aromatic heterocycles. The van der Waals surface area contributed by atoms with Crippen molar-refractivity contribution in [3.05, 3.63) is 0 Å². The molecule has 0 unspecified atom stereocenters. The third kappa shape index (κ3) is 4.18. The van der Waals surface area contributed by atoms with Crippen LogP contribution in [0.2, 0.25) is 0 Å². The van der Waals surface area contributed by atoms with Crippen LogP contribution >= 0.6 is 0 Å². The van der Waals surface area contributed by atoms with Gasteiger partial charge in [0.25, 0.3) is 0 Å². The second-order valence-electron chi connectivity index (χ2n) is 4.60. The van der Waals surface area contributed by atoms with Crippen LogP contribution in [0.25, 0.3) is 0 Å². The molecular weight excluding hydrogens is 196 g/mol. The fourth-order valence-electron chi connectivity index (χ4n) is 1.03. The van der Waals surface area contributed by atoms with Gasteiger partial charge in [0.15, 0.2) is 0 Å². The van der Waals surface area contributed by atoms with Crippen LogP contribution in [-0.4, -0.2) is 41.6 Å². The second-order valence-corrected chi connectivity index (χ2v) is 4.60. The number of carboxylic acid groups (broad SMARTS) is 1. The molecule has 0 spiro atoms. The zero-order valence-electron chi connectivity index (χ0n) is 10.00. The number of carbonyl (C=O) groups is 2. The lowest BCUT2D eigenvalue weighted by atomic mass is 9.87. The lowest BCUT2D eigenvalue weighted by Crippen LogP contribution is -2.52. The first-order valence-electron chi connectivity index (χ1n) is 4.94. The lowest BCUT2D eigenvalue weighted by molar-refractivity contribution is -0.142. The maximum Gasteiger partial charge on any atom is 0.326 e. The molecule has 0 aliphatic rings. The minimum atomic E-state index is -1.01. The van der Waals surface area contributed by atoms with Crippen molar-refractivity contribution in [2.45, 2.75) is 33.7 Å². The topological polar surface area (TPSA) is 69.6 Å². The van der Waals surface area contributed by atoms with Crippen LogP contribution in [0.15, 0.2) is 0 Å². The fraction of sp³-hybridized carbons (Fsp3) is 0.800. The first kappa shape index (κ1) is 13.7. The van der Waals surface area contributed by atoms with E-state index in [0.717, 1.165) is 0 Å². The SMILES string of the molecule is CCN(C)C(=O)N[C@H](C(=O)O)C(C)(C)C. The van der Waals surface area contributed by atoms with Gasteiger partial charge in [-0.05, 0) is 12.3 Å². The average Bonchev–Trinajstić information content (AvgIpc) is 2.09. The van der Waals surface area contributed by atoms with Gasteiger partial charge in [-0.15, -0.1) is 0 Å². The van der Waals surface area contributed by atoms with Crippen molar-refractivity contribution < 1.29 is 14.7 Å². The number of hydrogen-bond acceptors (Lipinski definition) is 2. The van der Waals surface area contributed by atoms with E-state index in [4.69, 9.17) is 5.11 Å². The minimum absolute atomic E-state index is 0.361. The summed E-state index contributed by atoms with van der Waals surface area (Å²) in [5, 5.41) is 11.5. The Morgan fingerprint density at radius 2 is 1.87 bits per heavy atom. The van der Waals surface area contributed by atoms with Crippen molar-refractivity contribution in [2.24, 2.45) is 5.41 Å². The van der Waals surface area contributed by atoms with Crippen molar-refractivity contribution in [3.8, 4) is 0 Å². The largest absolute Gasteiger partial charge is 0.480 e. The quantitative estimate of drug-likeness (QED) is 0.743. The average molecular weight is 216 g/mol. The molecule has 0 aromatic rings. The molecule has 5 heteroatoms. The van der Waals surface area contributed by atoms with E-state index in [1.807, 2.05) is 6.92 Å². The van der Waals surface area contributed by atoms with Crippen molar-refractivity contribution in [1.29, 1.82) is 0 Å². The van der Waals surface area contributed by atoms with Crippen LogP contribution in [0, 0.1) is 5.41 Å². The highest BCUT2D eigenvalue weighted by Crippen LogP contribution is 2.19. The van der Waals surface area contributed by atoms with Crippen LogP contribution < -0.4 is 5.32 Å². The molecule has 0 aliphatic heterocycles. The molecule has 5 nitrogen and oxygen atoms in total. The highest BCUT2D eigenvalue weighted by atomic mass is 16.4. The van der Waals surface area contributed by atoms with E-state index in [2.05, 4.69) is 5.32 Å². The third-order valence-electron chi connectivity index (χ3n) is 2.20. The highest BCUT2D eigenvalue weighted by molar-refractivity contribution is 5.83. The molecule has 0 rings (SSSR count).